The van der Waals surface area contributed by atoms with Crippen LogP contribution in [-0.2, 0) is 16.6 Å². The average Bonchev–Trinajstić information content (AvgIpc) is 2.76. The number of nitrogens with one attached hydrogen (secondary N) is 1. The van der Waals surface area contributed by atoms with Gasteiger partial charge in [-0.2, -0.15) is 0 Å². The smallest absolute Gasteiger partial charge is 0.255 e. The molecule has 0 saturated carbocycles. The molecule has 0 radical (unpaired) electrons. The number of carbonyl (C=O) groups excluding carboxylic acids is 1. The van der Waals surface area contributed by atoms with Gasteiger partial charge in [-0.1, -0.05) is 35.9 Å². The predicted octanol–water partition coefficient (Wildman–Crippen LogP) is 5.87. The van der Waals surface area contributed by atoms with E-state index < -0.39 is 10.0 Å². The molecule has 5 nitrogen and oxygen atoms in total. The van der Waals surface area contributed by atoms with E-state index in [-0.39, 0.29) is 18.2 Å². The molecule has 0 heterocycles. The number of halogens is 1. The van der Waals surface area contributed by atoms with E-state index >= 15 is 0 Å². The highest BCUT2D eigenvalue weighted by Gasteiger charge is 2.21. The lowest BCUT2D eigenvalue weighted by molar-refractivity contribution is 0.102. The molecule has 0 aliphatic rings. The fourth-order valence-electron chi connectivity index (χ4n) is 3.28. The minimum Gasteiger partial charge on any atom is -0.322 e. The van der Waals surface area contributed by atoms with E-state index in [0.717, 1.165) is 22.3 Å². The Balaban J connectivity index is 1.81. The molecule has 1 N–H and O–H groups in total. The van der Waals surface area contributed by atoms with Gasteiger partial charge in [-0.15, -0.1) is 0 Å². The van der Waals surface area contributed by atoms with Crippen molar-refractivity contribution in [3.05, 3.63) is 93.5 Å². The van der Waals surface area contributed by atoms with Crippen LogP contribution in [0.1, 0.15) is 39.5 Å². The molecule has 32 heavy (non-hydrogen) atoms. The Bertz CT molecular complexity index is 1240. The van der Waals surface area contributed by atoms with Gasteiger partial charge < -0.3 is 5.32 Å². The van der Waals surface area contributed by atoms with Crippen LogP contribution in [0.5, 0.6) is 0 Å². The molecule has 0 aromatic heterocycles. The van der Waals surface area contributed by atoms with E-state index in [9.17, 15) is 13.2 Å². The number of hydrogen-bond donors (Lipinski definition) is 1. The van der Waals surface area contributed by atoms with E-state index in [2.05, 4.69) is 5.32 Å². The molecule has 7 heteroatoms. The van der Waals surface area contributed by atoms with Crippen LogP contribution in [0.15, 0.2) is 60.7 Å². The number of anilines is 2. The van der Waals surface area contributed by atoms with Gasteiger partial charge in [0.05, 0.1) is 18.0 Å². The normalized spacial score (nSPS) is 11.3. The van der Waals surface area contributed by atoms with Crippen molar-refractivity contribution in [2.24, 2.45) is 0 Å². The van der Waals surface area contributed by atoms with Crippen LogP contribution < -0.4 is 9.62 Å². The van der Waals surface area contributed by atoms with Gasteiger partial charge in [-0.25, -0.2) is 8.42 Å². The van der Waals surface area contributed by atoms with Gasteiger partial charge in [0.15, 0.2) is 0 Å². The zero-order valence-electron chi connectivity index (χ0n) is 18.6. The molecule has 0 unspecified atom stereocenters. The third kappa shape index (κ3) is 5.50. The Morgan fingerprint density at radius 3 is 2.19 bits per heavy atom. The number of nitrogens with zero attached hydrogens (tertiary/aromatic N) is 1. The highest BCUT2D eigenvalue weighted by atomic mass is 35.5. The number of benzene rings is 3. The first-order valence-corrected chi connectivity index (χ1v) is 12.3. The Morgan fingerprint density at radius 2 is 1.56 bits per heavy atom. The van der Waals surface area contributed by atoms with Crippen LogP contribution in [0, 0.1) is 20.8 Å². The highest BCUT2D eigenvalue weighted by molar-refractivity contribution is 7.92. The van der Waals surface area contributed by atoms with Crippen molar-refractivity contribution in [3.8, 4) is 0 Å². The van der Waals surface area contributed by atoms with Crippen LogP contribution >= 0.6 is 11.6 Å². The van der Waals surface area contributed by atoms with E-state index in [4.69, 9.17) is 11.6 Å². The molecule has 0 spiro atoms. The molecule has 0 saturated heterocycles. The minimum absolute atomic E-state index is 0.00700. The highest BCUT2D eigenvalue weighted by Crippen LogP contribution is 2.25. The standard InChI is InChI=1S/C25H27ClN2O3S/c1-5-32(30,31)28(23-13-7-17(2)19(4)14-23)16-20-8-11-22(12-9-20)27-25(29)24-15-21(26)10-6-18(24)3/h6-15H,5,16H2,1-4H3,(H,27,29). The Labute approximate surface area is 195 Å². The number of carbonyl (C=O) groups is 1. The van der Waals surface area contributed by atoms with Crippen molar-refractivity contribution in [1.29, 1.82) is 0 Å². The summed E-state index contributed by atoms with van der Waals surface area (Å²) in [6.45, 7) is 7.66. The molecule has 168 valence electrons. The molecule has 3 aromatic rings. The first-order chi connectivity index (χ1) is 15.1. The summed E-state index contributed by atoms with van der Waals surface area (Å²) in [5.41, 5.74) is 5.56. The fraction of sp³-hybridized carbons (Fsp3) is 0.240. The van der Waals surface area contributed by atoms with E-state index in [1.807, 2.05) is 51.1 Å². The Hall–Kier alpha value is -2.83. The molecular weight excluding hydrogens is 444 g/mol. The van der Waals surface area contributed by atoms with Gasteiger partial charge >= 0.3 is 0 Å². The van der Waals surface area contributed by atoms with Crippen molar-refractivity contribution < 1.29 is 13.2 Å². The van der Waals surface area contributed by atoms with Gasteiger partial charge in [0, 0.05) is 16.3 Å². The summed E-state index contributed by atoms with van der Waals surface area (Å²) >= 11 is 6.02. The second kappa shape index (κ2) is 9.76. The van der Waals surface area contributed by atoms with Gasteiger partial charge in [-0.3, -0.25) is 9.10 Å². The summed E-state index contributed by atoms with van der Waals surface area (Å²) in [4.78, 5) is 12.6. The lowest BCUT2D eigenvalue weighted by Crippen LogP contribution is -2.32. The molecule has 3 rings (SSSR count). The SMILES string of the molecule is CCS(=O)(=O)N(Cc1ccc(NC(=O)c2cc(Cl)ccc2C)cc1)c1ccc(C)c(C)c1. The number of amides is 1. The van der Waals surface area contributed by atoms with Gasteiger partial charge in [0.1, 0.15) is 0 Å². The molecule has 1 amide bonds. The molecule has 0 fully saturated rings. The Morgan fingerprint density at radius 1 is 0.906 bits per heavy atom. The summed E-state index contributed by atoms with van der Waals surface area (Å²) in [6.07, 6.45) is 0. The molecule has 0 bridgehead atoms. The van der Waals surface area contributed by atoms with Crippen molar-refractivity contribution in [2.75, 3.05) is 15.4 Å². The van der Waals surface area contributed by atoms with Crippen LogP contribution in [0.4, 0.5) is 11.4 Å². The molecule has 3 aromatic carbocycles. The third-order valence-corrected chi connectivity index (χ3v) is 7.44. The first kappa shape index (κ1) is 23.8. The third-order valence-electron chi connectivity index (χ3n) is 5.46. The second-order valence-corrected chi connectivity index (χ2v) is 10.4. The van der Waals surface area contributed by atoms with E-state index in [1.54, 1.807) is 37.3 Å². The van der Waals surface area contributed by atoms with Crippen molar-refractivity contribution in [2.45, 2.75) is 34.2 Å². The second-order valence-electron chi connectivity index (χ2n) is 7.79. The topological polar surface area (TPSA) is 66.5 Å². The number of aryl methyl sites for hydroxylation is 3. The van der Waals surface area contributed by atoms with Crippen molar-refractivity contribution in [3.63, 3.8) is 0 Å². The van der Waals surface area contributed by atoms with E-state index in [1.165, 1.54) is 4.31 Å². The number of hydrogen-bond acceptors (Lipinski definition) is 3. The Kier molecular flexibility index (Phi) is 7.26. The fourth-order valence-corrected chi connectivity index (χ4v) is 4.55. The number of sulfonamides is 1. The maximum absolute atomic E-state index is 12.8. The monoisotopic (exact) mass is 470 g/mol. The zero-order valence-corrected chi connectivity index (χ0v) is 20.2. The lowest BCUT2D eigenvalue weighted by Gasteiger charge is -2.25. The predicted molar refractivity (Wildman–Crippen MR) is 132 cm³/mol. The van der Waals surface area contributed by atoms with Crippen LogP contribution in [-0.4, -0.2) is 20.1 Å². The molecular formula is C25H27ClN2O3S. The van der Waals surface area contributed by atoms with Crippen LogP contribution in [0.25, 0.3) is 0 Å². The van der Waals surface area contributed by atoms with Crippen LogP contribution in [0.3, 0.4) is 0 Å². The summed E-state index contributed by atoms with van der Waals surface area (Å²) in [6, 6.07) is 18.0. The first-order valence-electron chi connectivity index (χ1n) is 10.3. The quantitative estimate of drug-likeness (QED) is 0.469. The molecule has 0 aliphatic heterocycles. The zero-order chi connectivity index (χ0) is 23.5. The summed E-state index contributed by atoms with van der Waals surface area (Å²) in [5.74, 6) is -0.240. The van der Waals surface area contributed by atoms with Gasteiger partial charge in [0.2, 0.25) is 10.0 Å². The lowest BCUT2D eigenvalue weighted by atomic mass is 10.1. The summed E-state index contributed by atoms with van der Waals surface area (Å²) < 4.78 is 27.0. The summed E-state index contributed by atoms with van der Waals surface area (Å²) in [7, 11) is -3.46. The maximum Gasteiger partial charge on any atom is 0.255 e. The summed E-state index contributed by atoms with van der Waals surface area (Å²) in [5, 5.41) is 3.36. The van der Waals surface area contributed by atoms with Gasteiger partial charge in [-0.05, 0) is 86.3 Å². The molecule has 0 aliphatic carbocycles. The number of rotatable bonds is 7. The van der Waals surface area contributed by atoms with Crippen molar-refractivity contribution >= 4 is 38.9 Å². The average molecular weight is 471 g/mol. The molecule has 0 atom stereocenters. The maximum atomic E-state index is 12.8. The minimum atomic E-state index is -3.46. The van der Waals surface area contributed by atoms with Crippen LogP contribution in [0.2, 0.25) is 5.02 Å². The van der Waals surface area contributed by atoms with Crippen molar-refractivity contribution in [1.82, 2.24) is 0 Å². The largest absolute Gasteiger partial charge is 0.322 e. The van der Waals surface area contributed by atoms with E-state index in [0.29, 0.717) is 22.0 Å². The van der Waals surface area contributed by atoms with Gasteiger partial charge in [0.25, 0.3) is 5.91 Å².